The van der Waals surface area contributed by atoms with Crippen molar-refractivity contribution in [2.24, 2.45) is 11.8 Å². The molecule has 0 atom stereocenters. The van der Waals surface area contributed by atoms with Gasteiger partial charge in [0, 0.05) is 52.5 Å². The summed E-state index contributed by atoms with van der Waals surface area (Å²) >= 11 is 5.45. The fourth-order valence-electron chi connectivity index (χ4n) is 3.84. The van der Waals surface area contributed by atoms with E-state index in [1.165, 1.54) is 25.7 Å². The summed E-state index contributed by atoms with van der Waals surface area (Å²) in [7, 11) is 1.71. The summed E-state index contributed by atoms with van der Waals surface area (Å²) in [4.78, 5) is 14.4. The molecule has 162 valence electrons. The Morgan fingerprint density at radius 1 is 1.03 bits per heavy atom. The Kier molecular flexibility index (Phi) is 8.29. The first-order chi connectivity index (χ1) is 14.0. The van der Waals surface area contributed by atoms with Crippen LogP contribution in [-0.2, 0) is 4.74 Å². The summed E-state index contributed by atoms with van der Waals surface area (Å²) in [5, 5.41) is 6.97. The molecule has 29 heavy (non-hydrogen) atoms. The van der Waals surface area contributed by atoms with E-state index in [0.717, 1.165) is 62.6 Å². The first kappa shape index (κ1) is 22.0. The van der Waals surface area contributed by atoms with Gasteiger partial charge in [-0.25, -0.2) is 0 Å². The van der Waals surface area contributed by atoms with Crippen molar-refractivity contribution in [1.82, 2.24) is 15.3 Å². The molecule has 3 rings (SSSR count). The Labute approximate surface area is 180 Å². The van der Waals surface area contributed by atoms with Gasteiger partial charge in [-0.3, -0.25) is 0 Å². The minimum atomic E-state index is 0.559. The number of hydrogen-bond acceptors (Lipinski definition) is 6. The van der Waals surface area contributed by atoms with Crippen LogP contribution >= 0.6 is 12.2 Å². The molecular formula is C21H36N6OS. The van der Waals surface area contributed by atoms with Gasteiger partial charge in [-0.1, -0.05) is 13.8 Å². The number of nitrogens with zero attached hydrogens (tertiary/aromatic N) is 4. The van der Waals surface area contributed by atoms with Gasteiger partial charge < -0.3 is 25.2 Å². The third-order valence-electron chi connectivity index (χ3n) is 5.95. The number of hydrogen-bond donors (Lipinski definition) is 2. The van der Waals surface area contributed by atoms with E-state index in [9.17, 15) is 0 Å². The number of piperidine rings is 2. The third-order valence-corrected chi connectivity index (χ3v) is 6.20. The van der Waals surface area contributed by atoms with Crippen LogP contribution in [0.2, 0.25) is 0 Å². The van der Waals surface area contributed by atoms with Crippen LogP contribution in [-0.4, -0.2) is 61.5 Å². The fraction of sp³-hybridized carbons (Fsp3) is 0.762. The second-order valence-corrected chi connectivity index (χ2v) is 8.88. The van der Waals surface area contributed by atoms with Crippen LogP contribution in [0.5, 0.6) is 0 Å². The van der Waals surface area contributed by atoms with Crippen LogP contribution in [0.15, 0.2) is 6.07 Å². The SMILES string of the molecule is COCCCNC(=S)Nc1nc(N2CCC(C)CC2)cc(N2CCC(C)CC2)n1. The molecule has 0 spiro atoms. The predicted molar refractivity (Wildman–Crippen MR) is 124 cm³/mol. The van der Waals surface area contributed by atoms with Crippen LogP contribution in [0.25, 0.3) is 0 Å². The van der Waals surface area contributed by atoms with Crippen molar-refractivity contribution in [1.29, 1.82) is 0 Å². The lowest BCUT2D eigenvalue weighted by molar-refractivity contribution is 0.196. The van der Waals surface area contributed by atoms with Crippen molar-refractivity contribution in [3.63, 3.8) is 0 Å². The molecule has 1 aromatic rings. The summed E-state index contributed by atoms with van der Waals surface area (Å²) in [6.07, 6.45) is 5.75. The molecule has 2 saturated heterocycles. The van der Waals surface area contributed by atoms with E-state index in [1.54, 1.807) is 7.11 Å². The smallest absolute Gasteiger partial charge is 0.232 e. The first-order valence-corrected chi connectivity index (χ1v) is 11.4. The zero-order chi connectivity index (χ0) is 20.6. The molecule has 2 aliphatic heterocycles. The maximum atomic E-state index is 5.45. The number of aromatic nitrogens is 2. The summed E-state index contributed by atoms with van der Waals surface area (Å²) in [5.74, 6) is 4.17. The van der Waals surface area contributed by atoms with Crippen LogP contribution in [0.3, 0.4) is 0 Å². The summed E-state index contributed by atoms with van der Waals surface area (Å²) in [6, 6.07) is 2.16. The summed E-state index contributed by atoms with van der Waals surface area (Å²) in [6.45, 7) is 10.3. The number of ether oxygens (including phenoxy) is 1. The standard InChI is InChI=1S/C21H36N6OS/c1-16-5-10-26(11-6-16)18-15-19(27-12-7-17(2)8-13-27)24-20(23-18)25-21(29)22-9-4-14-28-3/h15-17H,4-14H2,1-3H3,(H2,22,23,24,25,29). The molecule has 0 aliphatic carbocycles. The number of nitrogens with one attached hydrogen (secondary N) is 2. The van der Waals surface area contributed by atoms with Crippen molar-refractivity contribution >= 4 is 34.9 Å². The third kappa shape index (κ3) is 6.67. The molecule has 0 aromatic carbocycles. The van der Waals surface area contributed by atoms with Gasteiger partial charge in [0.1, 0.15) is 11.6 Å². The number of methoxy groups -OCH3 is 1. The Morgan fingerprint density at radius 3 is 2.03 bits per heavy atom. The molecule has 1 aromatic heterocycles. The molecule has 3 heterocycles. The minimum absolute atomic E-state index is 0.559. The molecule has 2 fully saturated rings. The lowest BCUT2D eigenvalue weighted by atomic mass is 9.99. The van der Waals surface area contributed by atoms with Crippen molar-refractivity contribution in [3.8, 4) is 0 Å². The topological polar surface area (TPSA) is 65.6 Å². The molecule has 0 amide bonds. The van der Waals surface area contributed by atoms with Gasteiger partial charge >= 0.3 is 0 Å². The van der Waals surface area contributed by atoms with Crippen LogP contribution in [0, 0.1) is 11.8 Å². The quantitative estimate of drug-likeness (QED) is 0.515. The molecule has 0 saturated carbocycles. The monoisotopic (exact) mass is 420 g/mol. The van der Waals surface area contributed by atoms with E-state index in [4.69, 9.17) is 26.9 Å². The van der Waals surface area contributed by atoms with Crippen LogP contribution in [0.1, 0.15) is 46.0 Å². The van der Waals surface area contributed by atoms with Crippen molar-refractivity contribution in [2.75, 3.05) is 61.6 Å². The zero-order valence-electron chi connectivity index (χ0n) is 18.1. The lowest BCUT2D eigenvalue weighted by Crippen LogP contribution is -2.36. The summed E-state index contributed by atoms with van der Waals surface area (Å²) < 4.78 is 5.08. The van der Waals surface area contributed by atoms with Crippen molar-refractivity contribution in [3.05, 3.63) is 6.07 Å². The lowest BCUT2D eigenvalue weighted by Gasteiger charge is -2.34. The minimum Gasteiger partial charge on any atom is -0.385 e. The Bertz CT molecular complexity index is 616. The molecule has 2 N–H and O–H groups in total. The number of thiocarbonyl (C=S) groups is 1. The highest BCUT2D eigenvalue weighted by Gasteiger charge is 2.22. The van der Waals surface area contributed by atoms with E-state index >= 15 is 0 Å². The van der Waals surface area contributed by atoms with Crippen molar-refractivity contribution in [2.45, 2.75) is 46.0 Å². The van der Waals surface area contributed by atoms with Crippen molar-refractivity contribution < 1.29 is 4.74 Å². The Hall–Kier alpha value is -1.67. The van der Waals surface area contributed by atoms with E-state index in [0.29, 0.717) is 17.7 Å². The highest BCUT2D eigenvalue weighted by Crippen LogP contribution is 2.28. The van der Waals surface area contributed by atoms with Gasteiger partial charge in [-0.15, -0.1) is 0 Å². The first-order valence-electron chi connectivity index (χ1n) is 11.0. The molecule has 7 nitrogen and oxygen atoms in total. The van der Waals surface area contributed by atoms with E-state index in [-0.39, 0.29) is 0 Å². The molecule has 0 radical (unpaired) electrons. The normalized spacial score (nSPS) is 18.7. The van der Waals surface area contributed by atoms with Gasteiger partial charge in [-0.05, 0) is 56.2 Å². The van der Waals surface area contributed by atoms with Gasteiger partial charge in [-0.2, -0.15) is 9.97 Å². The Balaban J connectivity index is 1.72. The fourth-order valence-corrected chi connectivity index (χ4v) is 4.03. The van der Waals surface area contributed by atoms with Gasteiger partial charge in [0.05, 0.1) is 0 Å². The molecule has 2 aliphatic rings. The van der Waals surface area contributed by atoms with E-state index < -0.39 is 0 Å². The number of rotatable bonds is 7. The molecule has 8 heteroatoms. The molecule has 0 bridgehead atoms. The largest absolute Gasteiger partial charge is 0.385 e. The average Bonchev–Trinajstić information content (AvgIpc) is 2.72. The van der Waals surface area contributed by atoms with Gasteiger partial charge in [0.2, 0.25) is 5.95 Å². The van der Waals surface area contributed by atoms with E-state index in [2.05, 4.69) is 40.3 Å². The predicted octanol–water partition coefficient (Wildman–Crippen LogP) is 3.27. The van der Waals surface area contributed by atoms with E-state index in [1.807, 2.05) is 0 Å². The second-order valence-electron chi connectivity index (χ2n) is 8.47. The average molecular weight is 421 g/mol. The Morgan fingerprint density at radius 2 is 1.55 bits per heavy atom. The molecular weight excluding hydrogens is 384 g/mol. The maximum Gasteiger partial charge on any atom is 0.232 e. The van der Waals surface area contributed by atoms with Gasteiger partial charge in [0.25, 0.3) is 0 Å². The zero-order valence-corrected chi connectivity index (χ0v) is 18.9. The van der Waals surface area contributed by atoms with Crippen LogP contribution < -0.4 is 20.4 Å². The molecule has 0 unspecified atom stereocenters. The van der Waals surface area contributed by atoms with Crippen LogP contribution in [0.4, 0.5) is 17.6 Å². The summed E-state index contributed by atoms with van der Waals surface area (Å²) in [5.41, 5.74) is 0. The number of anilines is 3. The highest BCUT2D eigenvalue weighted by molar-refractivity contribution is 7.80. The highest BCUT2D eigenvalue weighted by atomic mass is 32.1. The second kappa shape index (κ2) is 10.9. The maximum absolute atomic E-state index is 5.45. The van der Waals surface area contributed by atoms with Gasteiger partial charge in [0.15, 0.2) is 5.11 Å².